The number of esters is 1. The van der Waals surface area contributed by atoms with Gasteiger partial charge in [0.15, 0.2) is 0 Å². The van der Waals surface area contributed by atoms with Crippen LogP contribution in [0.2, 0.25) is 10.0 Å². The Morgan fingerprint density at radius 3 is 2.56 bits per heavy atom. The quantitative estimate of drug-likeness (QED) is 0.477. The number of amides is 1. The highest BCUT2D eigenvalue weighted by Gasteiger charge is 2.08. The van der Waals surface area contributed by atoms with E-state index in [0.717, 1.165) is 5.65 Å². The van der Waals surface area contributed by atoms with Crippen LogP contribution in [0.3, 0.4) is 0 Å². The van der Waals surface area contributed by atoms with E-state index in [9.17, 15) is 9.59 Å². The lowest BCUT2D eigenvalue weighted by Crippen LogP contribution is -2.24. The Morgan fingerprint density at radius 2 is 1.78 bits per heavy atom. The second-order valence-electron chi connectivity index (χ2n) is 5.87. The van der Waals surface area contributed by atoms with Gasteiger partial charge in [0.1, 0.15) is 12.3 Å². The molecular weight excluding hydrogens is 389 g/mol. The Labute approximate surface area is 166 Å². The van der Waals surface area contributed by atoms with Gasteiger partial charge in [0, 0.05) is 35.9 Å². The molecule has 0 fully saturated rings. The van der Waals surface area contributed by atoms with Crippen molar-refractivity contribution in [2.24, 2.45) is 0 Å². The summed E-state index contributed by atoms with van der Waals surface area (Å²) in [7, 11) is 0. The van der Waals surface area contributed by atoms with E-state index in [-0.39, 0.29) is 24.9 Å². The summed E-state index contributed by atoms with van der Waals surface area (Å²) < 4.78 is 6.99. The van der Waals surface area contributed by atoms with Crippen LogP contribution in [0.25, 0.3) is 5.65 Å². The third-order valence-electron chi connectivity index (χ3n) is 3.80. The monoisotopic (exact) mass is 405 g/mol. The summed E-state index contributed by atoms with van der Waals surface area (Å²) in [5.74, 6) is -0.547. The lowest BCUT2D eigenvalue weighted by atomic mass is 10.2. The lowest BCUT2D eigenvalue weighted by Gasteiger charge is -2.06. The van der Waals surface area contributed by atoms with Crippen molar-refractivity contribution in [3.8, 4) is 0 Å². The van der Waals surface area contributed by atoms with Crippen LogP contribution in [0, 0.1) is 0 Å². The number of nitrogens with one attached hydrogen (secondary N) is 1. The number of carbonyl (C=O) groups is 2. The summed E-state index contributed by atoms with van der Waals surface area (Å²) in [6.45, 7) is 0.471. The third kappa shape index (κ3) is 5.45. The molecule has 0 unspecified atom stereocenters. The predicted molar refractivity (Wildman–Crippen MR) is 103 cm³/mol. The normalized spacial score (nSPS) is 10.7. The van der Waals surface area contributed by atoms with E-state index in [4.69, 9.17) is 27.9 Å². The highest BCUT2D eigenvalue weighted by atomic mass is 35.5. The number of ether oxygens (including phenoxy) is 1. The maximum atomic E-state index is 11.9. The highest BCUT2D eigenvalue weighted by Crippen LogP contribution is 2.12. The number of rotatable bonds is 7. The number of imidazole rings is 1. The molecular formula is C19H17Cl2N3O3. The third-order valence-corrected chi connectivity index (χ3v) is 4.27. The Morgan fingerprint density at radius 1 is 1.04 bits per heavy atom. The molecule has 2 aromatic heterocycles. The molecule has 140 valence electrons. The minimum Gasteiger partial charge on any atom is -0.459 e. The van der Waals surface area contributed by atoms with Crippen molar-refractivity contribution in [2.45, 2.75) is 19.4 Å². The van der Waals surface area contributed by atoms with Crippen LogP contribution < -0.4 is 5.32 Å². The summed E-state index contributed by atoms with van der Waals surface area (Å²) in [5, 5.41) is 3.93. The zero-order chi connectivity index (χ0) is 19.2. The van der Waals surface area contributed by atoms with E-state index in [2.05, 4.69) is 10.3 Å². The minimum atomic E-state index is -0.342. The van der Waals surface area contributed by atoms with Crippen molar-refractivity contribution in [2.75, 3.05) is 6.54 Å². The smallest absolute Gasteiger partial charge is 0.306 e. The fourth-order valence-electron chi connectivity index (χ4n) is 2.45. The van der Waals surface area contributed by atoms with Gasteiger partial charge in [0.2, 0.25) is 0 Å². The van der Waals surface area contributed by atoms with Gasteiger partial charge in [0.05, 0.1) is 10.7 Å². The number of hydrogen-bond donors (Lipinski definition) is 1. The molecule has 1 N–H and O–H groups in total. The molecule has 27 heavy (non-hydrogen) atoms. The predicted octanol–water partition coefficient (Wildman–Crippen LogP) is 3.89. The minimum absolute atomic E-state index is 0.0925. The van der Waals surface area contributed by atoms with Crippen LogP contribution in [-0.2, 0) is 16.1 Å². The summed E-state index contributed by atoms with van der Waals surface area (Å²) in [6, 6.07) is 10.1. The number of hydrogen-bond acceptors (Lipinski definition) is 4. The maximum Gasteiger partial charge on any atom is 0.306 e. The molecule has 0 radical (unpaired) electrons. The van der Waals surface area contributed by atoms with Crippen LogP contribution in [-0.4, -0.2) is 27.8 Å². The Kier molecular flexibility index (Phi) is 6.32. The Bertz CT molecular complexity index is 954. The molecule has 0 spiro atoms. The van der Waals surface area contributed by atoms with Crippen LogP contribution in [0.4, 0.5) is 0 Å². The zero-order valence-corrected chi connectivity index (χ0v) is 15.8. The number of benzene rings is 1. The molecule has 1 aromatic carbocycles. The molecule has 0 saturated carbocycles. The number of carbonyl (C=O) groups excluding carboxylic acids is 2. The van der Waals surface area contributed by atoms with Crippen LogP contribution in [0.15, 0.2) is 48.8 Å². The molecule has 0 bridgehead atoms. The van der Waals surface area contributed by atoms with Gasteiger partial charge in [-0.05, 0) is 42.8 Å². The van der Waals surface area contributed by atoms with Gasteiger partial charge < -0.3 is 14.5 Å². The van der Waals surface area contributed by atoms with E-state index in [1.165, 1.54) is 0 Å². The van der Waals surface area contributed by atoms with Gasteiger partial charge in [-0.3, -0.25) is 9.59 Å². The van der Waals surface area contributed by atoms with E-state index < -0.39 is 0 Å². The molecule has 1 amide bonds. The van der Waals surface area contributed by atoms with Crippen molar-refractivity contribution in [3.05, 3.63) is 70.1 Å². The zero-order valence-electron chi connectivity index (χ0n) is 14.3. The first-order valence-corrected chi connectivity index (χ1v) is 9.09. The largest absolute Gasteiger partial charge is 0.459 e. The first kappa shape index (κ1) is 19.2. The molecule has 2 heterocycles. The van der Waals surface area contributed by atoms with Crippen molar-refractivity contribution in [1.29, 1.82) is 0 Å². The summed E-state index contributed by atoms with van der Waals surface area (Å²) in [4.78, 5) is 28.1. The molecule has 3 aromatic rings. The first-order chi connectivity index (χ1) is 13.0. The number of fused-ring (bicyclic) bond motifs is 1. The second kappa shape index (κ2) is 8.88. The fourth-order valence-corrected chi connectivity index (χ4v) is 2.75. The van der Waals surface area contributed by atoms with E-state index in [1.54, 1.807) is 53.2 Å². The molecule has 3 rings (SSSR count). The second-order valence-corrected chi connectivity index (χ2v) is 6.74. The van der Waals surface area contributed by atoms with Crippen molar-refractivity contribution >= 4 is 40.7 Å². The molecule has 0 atom stereocenters. The Hall–Kier alpha value is -2.57. The molecule has 6 nitrogen and oxygen atoms in total. The molecule has 0 aliphatic rings. The standard InChI is InChI=1S/C19H17Cl2N3O3/c20-14-5-3-13(4-6-14)19(26)22-9-1-2-18(25)27-12-16-11-24-10-15(21)7-8-17(24)23-16/h3-8,10-11H,1-2,9,12H2,(H,22,26). The summed E-state index contributed by atoms with van der Waals surface area (Å²) >= 11 is 11.7. The van der Waals surface area contributed by atoms with E-state index in [0.29, 0.717) is 34.3 Å². The van der Waals surface area contributed by atoms with Gasteiger partial charge in [-0.1, -0.05) is 23.2 Å². The fraction of sp³-hybridized carbons (Fsp3) is 0.211. The summed E-state index contributed by atoms with van der Waals surface area (Å²) in [6.07, 6.45) is 4.19. The molecule has 0 saturated heterocycles. The van der Waals surface area contributed by atoms with Crippen LogP contribution in [0.1, 0.15) is 28.9 Å². The van der Waals surface area contributed by atoms with Gasteiger partial charge in [-0.25, -0.2) is 4.98 Å². The topological polar surface area (TPSA) is 72.7 Å². The average Bonchev–Trinajstić information content (AvgIpc) is 3.06. The molecule has 0 aliphatic carbocycles. The average molecular weight is 406 g/mol. The van der Waals surface area contributed by atoms with Gasteiger partial charge in [-0.2, -0.15) is 0 Å². The van der Waals surface area contributed by atoms with Crippen LogP contribution in [0.5, 0.6) is 0 Å². The number of halogens is 2. The number of pyridine rings is 1. The van der Waals surface area contributed by atoms with Gasteiger partial charge >= 0.3 is 5.97 Å². The lowest BCUT2D eigenvalue weighted by molar-refractivity contribution is -0.145. The maximum absolute atomic E-state index is 11.9. The van der Waals surface area contributed by atoms with E-state index in [1.807, 2.05) is 0 Å². The van der Waals surface area contributed by atoms with Crippen molar-refractivity contribution in [3.63, 3.8) is 0 Å². The van der Waals surface area contributed by atoms with Crippen LogP contribution >= 0.6 is 23.2 Å². The number of nitrogens with zero attached hydrogens (tertiary/aromatic N) is 2. The highest BCUT2D eigenvalue weighted by molar-refractivity contribution is 6.30. The first-order valence-electron chi connectivity index (χ1n) is 8.34. The Balaban J connectivity index is 1.38. The number of aromatic nitrogens is 2. The van der Waals surface area contributed by atoms with E-state index >= 15 is 0 Å². The van der Waals surface area contributed by atoms with Gasteiger partial charge in [-0.15, -0.1) is 0 Å². The van der Waals surface area contributed by atoms with Crippen molar-refractivity contribution in [1.82, 2.24) is 14.7 Å². The molecule has 0 aliphatic heterocycles. The van der Waals surface area contributed by atoms with Gasteiger partial charge in [0.25, 0.3) is 5.91 Å². The molecule has 8 heteroatoms. The SMILES string of the molecule is O=C(CCCNC(=O)c1ccc(Cl)cc1)OCc1cn2cc(Cl)ccc2n1. The summed E-state index contributed by atoms with van der Waals surface area (Å²) in [5.41, 5.74) is 1.89. The van der Waals surface area contributed by atoms with Crippen molar-refractivity contribution < 1.29 is 14.3 Å².